The highest BCUT2D eigenvalue weighted by Crippen LogP contribution is 2.40. The van der Waals surface area contributed by atoms with Gasteiger partial charge in [-0.1, -0.05) is 11.6 Å². The molecule has 1 saturated heterocycles. The Hall–Kier alpha value is -3.77. The minimum Gasteiger partial charge on any atom is -0.483 e. The number of anilines is 3. The highest BCUT2D eigenvalue weighted by atomic mass is 35.5. The number of benzene rings is 2. The molecule has 0 saturated carbocycles. The number of likely N-dealkylation sites (N-methyl/N-ethyl adjacent to an activating group) is 1. The van der Waals surface area contributed by atoms with Crippen molar-refractivity contribution in [3.63, 3.8) is 0 Å². The van der Waals surface area contributed by atoms with Crippen molar-refractivity contribution in [3.05, 3.63) is 58.9 Å². The third-order valence-corrected chi connectivity index (χ3v) is 6.76. The Morgan fingerprint density at radius 2 is 1.92 bits per heavy atom. The summed E-state index contributed by atoms with van der Waals surface area (Å²) in [6, 6.07) is 7.75. The van der Waals surface area contributed by atoms with E-state index in [9.17, 15) is 18.0 Å². The molecule has 2 N–H and O–H groups in total. The number of piperazine rings is 1. The summed E-state index contributed by atoms with van der Waals surface area (Å²) < 4.78 is 52.1. The van der Waals surface area contributed by atoms with Gasteiger partial charge >= 0.3 is 6.18 Å². The molecule has 1 fully saturated rings. The van der Waals surface area contributed by atoms with Gasteiger partial charge in [0.05, 0.1) is 28.0 Å². The number of fused-ring (bicyclic) bond motifs is 1. The molecule has 0 bridgehead atoms. The minimum atomic E-state index is -4.56. The highest BCUT2D eigenvalue weighted by molar-refractivity contribution is 6.32. The summed E-state index contributed by atoms with van der Waals surface area (Å²) in [4.78, 5) is 25.6. The lowest BCUT2D eigenvalue weighted by Gasteiger charge is -2.35. The van der Waals surface area contributed by atoms with E-state index >= 15 is 0 Å². The number of halogens is 4. The zero-order valence-electron chi connectivity index (χ0n) is 21.2. The first kappa shape index (κ1) is 26.8. The number of carbonyl (C=O) groups excluding carboxylic acids is 1. The van der Waals surface area contributed by atoms with Gasteiger partial charge in [0.1, 0.15) is 18.7 Å². The summed E-state index contributed by atoms with van der Waals surface area (Å²) in [7, 11) is 1.98. The van der Waals surface area contributed by atoms with E-state index in [2.05, 4.69) is 25.5 Å². The molecule has 5 rings (SSSR count). The summed E-state index contributed by atoms with van der Waals surface area (Å²) in [5.74, 6) is 0.375. The van der Waals surface area contributed by atoms with Gasteiger partial charge in [0.15, 0.2) is 5.82 Å². The molecule has 1 aromatic heterocycles. The van der Waals surface area contributed by atoms with Gasteiger partial charge in [-0.05, 0) is 50.4 Å². The van der Waals surface area contributed by atoms with Crippen LogP contribution >= 0.6 is 11.6 Å². The molecule has 1 amide bonds. The number of carbonyl (C=O) groups is 1. The van der Waals surface area contributed by atoms with Crippen molar-refractivity contribution in [2.45, 2.75) is 19.1 Å². The van der Waals surface area contributed by atoms with Crippen molar-refractivity contribution in [1.29, 1.82) is 0 Å². The lowest BCUT2D eigenvalue weighted by atomic mass is 10.1. The standard InChI is InChI=1S/C26H26ClF3N6O3/c1-15-13-38-22-23(33-15)31-14-32-25(22)39-21-11-16(3-5-18(21)27)24(37)34-19-12-17(26(28,29)30)4-6-20(19)36-9-7-35(2)8-10-36/h3-6,11-12,14-15H,7-10,13H2,1-2H3,(H,34,37)(H,31,32,33). The van der Waals surface area contributed by atoms with Crippen molar-refractivity contribution >= 4 is 34.7 Å². The Morgan fingerprint density at radius 1 is 1.15 bits per heavy atom. The van der Waals surface area contributed by atoms with E-state index < -0.39 is 17.6 Å². The average molecular weight is 563 g/mol. The number of ether oxygens (including phenoxy) is 2. The molecule has 0 radical (unpaired) electrons. The number of amides is 1. The highest BCUT2D eigenvalue weighted by Gasteiger charge is 2.32. The van der Waals surface area contributed by atoms with Crippen molar-refractivity contribution < 1.29 is 27.4 Å². The first-order valence-electron chi connectivity index (χ1n) is 12.3. The topological polar surface area (TPSA) is 91.8 Å². The molecule has 3 aromatic rings. The van der Waals surface area contributed by atoms with Crippen LogP contribution < -0.4 is 25.0 Å². The van der Waals surface area contributed by atoms with E-state index in [1.807, 2.05) is 18.9 Å². The Kier molecular flexibility index (Phi) is 7.41. The number of hydrogen-bond donors (Lipinski definition) is 2. The Bertz CT molecular complexity index is 1380. The van der Waals surface area contributed by atoms with Crippen LogP contribution in [-0.2, 0) is 6.18 Å². The van der Waals surface area contributed by atoms with E-state index in [0.717, 1.165) is 25.2 Å². The van der Waals surface area contributed by atoms with Gasteiger partial charge in [0.2, 0.25) is 5.75 Å². The smallest absolute Gasteiger partial charge is 0.416 e. The monoisotopic (exact) mass is 562 g/mol. The molecule has 206 valence electrons. The number of hydrogen-bond acceptors (Lipinski definition) is 8. The third-order valence-electron chi connectivity index (χ3n) is 6.45. The van der Waals surface area contributed by atoms with Crippen LogP contribution in [-0.4, -0.2) is 66.7 Å². The predicted molar refractivity (Wildman–Crippen MR) is 141 cm³/mol. The Labute approximate surface area is 227 Å². The summed E-state index contributed by atoms with van der Waals surface area (Å²) in [5, 5.41) is 6.03. The molecule has 0 aliphatic carbocycles. The van der Waals surface area contributed by atoms with E-state index in [4.69, 9.17) is 21.1 Å². The predicted octanol–water partition coefficient (Wildman–Crippen LogP) is 5.14. The lowest BCUT2D eigenvalue weighted by molar-refractivity contribution is -0.137. The van der Waals surface area contributed by atoms with Crippen LogP contribution in [0.4, 0.5) is 30.4 Å². The van der Waals surface area contributed by atoms with Crippen LogP contribution in [0.1, 0.15) is 22.8 Å². The van der Waals surface area contributed by atoms with Gasteiger partial charge in [-0.15, -0.1) is 0 Å². The Balaban J connectivity index is 1.42. The number of rotatable bonds is 5. The number of nitrogens with one attached hydrogen (secondary N) is 2. The first-order chi connectivity index (χ1) is 18.6. The molecule has 1 unspecified atom stereocenters. The van der Waals surface area contributed by atoms with Crippen LogP contribution in [0.3, 0.4) is 0 Å². The van der Waals surface area contributed by atoms with Crippen molar-refractivity contribution in [2.24, 2.45) is 0 Å². The quantitative estimate of drug-likeness (QED) is 0.442. The van der Waals surface area contributed by atoms with Gasteiger partial charge in [-0.25, -0.2) is 4.98 Å². The SMILES string of the molecule is CC1COc2c(ncnc2Oc2cc(C(=O)Nc3cc(C(F)(F)F)ccc3N3CCN(C)CC3)ccc2Cl)N1. The summed E-state index contributed by atoms with van der Waals surface area (Å²) >= 11 is 6.33. The fourth-order valence-electron chi connectivity index (χ4n) is 4.30. The molecule has 9 nitrogen and oxygen atoms in total. The third kappa shape index (κ3) is 5.96. The number of aromatic nitrogens is 2. The molecular formula is C26H26ClF3N6O3. The number of alkyl halides is 3. The average Bonchev–Trinajstić information content (AvgIpc) is 2.90. The summed E-state index contributed by atoms with van der Waals surface area (Å²) in [6.07, 6.45) is -3.26. The molecule has 2 aliphatic heterocycles. The minimum absolute atomic E-state index is 0.0439. The fraction of sp³-hybridized carbons (Fsp3) is 0.346. The van der Waals surface area contributed by atoms with E-state index in [1.165, 1.54) is 30.6 Å². The molecule has 0 spiro atoms. The molecule has 39 heavy (non-hydrogen) atoms. The zero-order valence-corrected chi connectivity index (χ0v) is 21.9. The summed E-state index contributed by atoms with van der Waals surface area (Å²) in [6.45, 7) is 5.03. The molecule has 1 atom stereocenters. The van der Waals surface area contributed by atoms with Crippen LogP contribution in [0.5, 0.6) is 17.4 Å². The van der Waals surface area contributed by atoms with E-state index in [0.29, 0.717) is 37.0 Å². The summed E-state index contributed by atoms with van der Waals surface area (Å²) in [5.41, 5.74) is -0.143. The second-order valence-corrected chi connectivity index (χ2v) is 9.84. The normalized spacial score (nSPS) is 17.6. The maximum absolute atomic E-state index is 13.5. The van der Waals surface area contributed by atoms with Crippen molar-refractivity contribution in [3.8, 4) is 17.4 Å². The van der Waals surface area contributed by atoms with Crippen molar-refractivity contribution in [2.75, 3.05) is 55.4 Å². The van der Waals surface area contributed by atoms with Gasteiger partial charge in [-0.3, -0.25) is 4.79 Å². The maximum Gasteiger partial charge on any atom is 0.416 e. The molecule has 13 heteroatoms. The van der Waals surface area contributed by atoms with E-state index in [-0.39, 0.29) is 33.9 Å². The van der Waals surface area contributed by atoms with Gasteiger partial charge in [0, 0.05) is 31.7 Å². The molecule has 2 aromatic carbocycles. The molecule has 3 heterocycles. The second-order valence-electron chi connectivity index (χ2n) is 9.43. The first-order valence-corrected chi connectivity index (χ1v) is 12.6. The van der Waals surface area contributed by atoms with Crippen LogP contribution in [0, 0.1) is 0 Å². The fourth-order valence-corrected chi connectivity index (χ4v) is 4.46. The van der Waals surface area contributed by atoms with Crippen molar-refractivity contribution in [1.82, 2.24) is 14.9 Å². The van der Waals surface area contributed by atoms with E-state index in [1.54, 1.807) is 0 Å². The van der Waals surface area contributed by atoms with Crippen LogP contribution in [0.15, 0.2) is 42.7 Å². The van der Waals surface area contributed by atoms with Gasteiger partial charge < -0.3 is 29.9 Å². The maximum atomic E-state index is 13.5. The van der Waals surface area contributed by atoms with Crippen LogP contribution in [0.25, 0.3) is 0 Å². The lowest BCUT2D eigenvalue weighted by Crippen LogP contribution is -2.44. The van der Waals surface area contributed by atoms with Gasteiger partial charge in [-0.2, -0.15) is 18.2 Å². The molecule has 2 aliphatic rings. The van der Waals surface area contributed by atoms with Gasteiger partial charge in [0.25, 0.3) is 11.8 Å². The number of nitrogens with zero attached hydrogens (tertiary/aromatic N) is 4. The second kappa shape index (κ2) is 10.8. The molecular weight excluding hydrogens is 537 g/mol. The largest absolute Gasteiger partial charge is 0.483 e. The zero-order chi connectivity index (χ0) is 27.7. The Morgan fingerprint density at radius 3 is 2.67 bits per heavy atom. The van der Waals surface area contributed by atoms with Crippen LogP contribution in [0.2, 0.25) is 5.02 Å².